The van der Waals surface area contributed by atoms with E-state index in [1.165, 1.54) is 0 Å². The van der Waals surface area contributed by atoms with Crippen LogP contribution in [-0.4, -0.2) is 11.6 Å². The van der Waals surface area contributed by atoms with Crippen LogP contribution in [0.25, 0.3) is 0 Å². The molecule has 13 heavy (non-hydrogen) atoms. The second kappa shape index (κ2) is 7.77. The molecular weight excluding hydrogens is 164 g/mol. The van der Waals surface area contributed by atoms with Crippen molar-refractivity contribution in [3.8, 4) is 0 Å². The standard InChI is InChI=1S/C10H20N2O/c1-4-6-7-8-10(13)12-11-9(3)5-2/h4-8H2,1-3H3,(H,12,13). The molecule has 1 N–H and O–H groups in total. The molecule has 0 aliphatic heterocycles. The molecule has 0 saturated carbocycles. The van der Waals surface area contributed by atoms with Crippen LogP contribution in [0.5, 0.6) is 0 Å². The van der Waals surface area contributed by atoms with Gasteiger partial charge in [-0.2, -0.15) is 5.10 Å². The molecule has 0 aliphatic carbocycles. The summed E-state index contributed by atoms with van der Waals surface area (Å²) in [6, 6.07) is 0. The number of rotatable bonds is 6. The van der Waals surface area contributed by atoms with Gasteiger partial charge >= 0.3 is 0 Å². The molecule has 0 aliphatic rings. The van der Waals surface area contributed by atoms with Crippen molar-refractivity contribution < 1.29 is 4.79 Å². The molecule has 0 spiro atoms. The highest BCUT2D eigenvalue weighted by atomic mass is 16.2. The van der Waals surface area contributed by atoms with Gasteiger partial charge in [0, 0.05) is 12.1 Å². The molecule has 0 radical (unpaired) electrons. The third-order valence-corrected chi connectivity index (χ3v) is 1.89. The lowest BCUT2D eigenvalue weighted by molar-refractivity contribution is -0.121. The molecule has 0 fully saturated rings. The van der Waals surface area contributed by atoms with Crippen molar-refractivity contribution >= 4 is 11.6 Å². The predicted octanol–water partition coefficient (Wildman–Crippen LogP) is 2.47. The highest BCUT2D eigenvalue weighted by molar-refractivity contribution is 5.84. The SMILES string of the molecule is CCCCCC(=O)NN=C(C)CC. The normalized spacial score (nSPS) is 11.5. The molecule has 0 heterocycles. The molecule has 0 atom stereocenters. The summed E-state index contributed by atoms with van der Waals surface area (Å²) in [5.41, 5.74) is 3.50. The molecule has 1 amide bonds. The molecule has 3 heteroatoms. The lowest BCUT2D eigenvalue weighted by Gasteiger charge is -2.00. The van der Waals surface area contributed by atoms with Crippen molar-refractivity contribution in [2.45, 2.75) is 52.9 Å². The zero-order valence-corrected chi connectivity index (χ0v) is 8.89. The van der Waals surface area contributed by atoms with Crippen LogP contribution in [0, 0.1) is 0 Å². The minimum atomic E-state index is 0.0289. The molecule has 3 nitrogen and oxygen atoms in total. The maximum absolute atomic E-state index is 11.1. The smallest absolute Gasteiger partial charge is 0.240 e. The van der Waals surface area contributed by atoms with Crippen LogP contribution in [0.2, 0.25) is 0 Å². The van der Waals surface area contributed by atoms with E-state index in [2.05, 4.69) is 17.5 Å². The molecule has 0 aromatic rings. The van der Waals surface area contributed by atoms with Gasteiger partial charge in [0.2, 0.25) is 5.91 Å². The molecular formula is C10H20N2O. The summed E-state index contributed by atoms with van der Waals surface area (Å²) in [4.78, 5) is 11.1. The Balaban J connectivity index is 3.51. The Morgan fingerprint density at radius 2 is 2.00 bits per heavy atom. The average Bonchev–Trinajstić information content (AvgIpc) is 2.14. The van der Waals surface area contributed by atoms with Gasteiger partial charge in [0.25, 0.3) is 0 Å². The highest BCUT2D eigenvalue weighted by Crippen LogP contribution is 1.98. The molecule has 0 saturated heterocycles. The van der Waals surface area contributed by atoms with Crippen molar-refractivity contribution in [2.24, 2.45) is 5.10 Å². The third-order valence-electron chi connectivity index (χ3n) is 1.89. The number of hydrazone groups is 1. The third kappa shape index (κ3) is 7.50. The quantitative estimate of drug-likeness (QED) is 0.384. The Bertz CT molecular complexity index is 176. The number of nitrogens with one attached hydrogen (secondary N) is 1. The summed E-state index contributed by atoms with van der Waals surface area (Å²) in [6.45, 7) is 6.05. The largest absolute Gasteiger partial charge is 0.273 e. The summed E-state index contributed by atoms with van der Waals surface area (Å²) in [6.07, 6.45) is 4.70. The average molecular weight is 184 g/mol. The fourth-order valence-corrected chi connectivity index (χ4v) is 0.828. The van der Waals surface area contributed by atoms with E-state index in [9.17, 15) is 4.79 Å². The molecule has 0 rings (SSSR count). The number of amides is 1. The van der Waals surface area contributed by atoms with Crippen LogP contribution in [0.4, 0.5) is 0 Å². The summed E-state index contributed by atoms with van der Waals surface area (Å²) >= 11 is 0. The highest BCUT2D eigenvalue weighted by Gasteiger charge is 1.98. The van der Waals surface area contributed by atoms with Crippen LogP contribution < -0.4 is 5.43 Å². The zero-order valence-electron chi connectivity index (χ0n) is 8.89. The number of hydrogen-bond donors (Lipinski definition) is 1. The van der Waals surface area contributed by atoms with E-state index in [0.29, 0.717) is 6.42 Å². The first-order valence-electron chi connectivity index (χ1n) is 5.02. The minimum Gasteiger partial charge on any atom is -0.273 e. The maximum Gasteiger partial charge on any atom is 0.240 e. The summed E-state index contributed by atoms with van der Waals surface area (Å²) < 4.78 is 0. The van der Waals surface area contributed by atoms with Gasteiger partial charge in [0.15, 0.2) is 0 Å². The lowest BCUT2D eigenvalue weighted by Crippen LogP contribution is -2.18. The Morgan fingerprint density at radius 1 is 1.31 bits per heavy atom. The molecule has 0 bridgehead atoms. The number of carbonyl (C=O) groups is 1. The second-order valence-electron chi connectivity index (χ2n) is 3.19. The van der Waals surface area contributed by atoms with Crippen LogP contribution >= 0.6 is 0 Å². The fourth-order valence-electron chi connectivity index (χ4n) is 0.828. The van der Waals surface area contributed by atoms with Crippen molar-refractivity contribution in [2.75, 3.05) is 0 Å². The summed E-state index contributed by atoms with van der Waals surface area (Å²) in [7, 11) is 0. The lowest BCUT2D eigenvalue weighted by atomic mass is 10.2. The van der Waals surface area contributed by atoms with Gasteiger partial charge in [-0.25, -0.2) is 5.43 Å². The number of unbranched alkanes of at least 4 members (excludes halogenated alkanes) is 2. The first-order chi connectivity index (χ1) is 6.20. The maximum atomic E-state index is 11.1. The monoisotopic (exact) mass is 184 g/mol. The van der Waals surface area contributed by atoms with Crippen molar-refractivity contribution in [3.05, 3.63) is 0 Å². The van der Waals surface area contributed by atoms with E-state index >= 15 is 0 Å². The number of nitrogens with zero attached hydrogens (tertiary/aromatic N) is 1. The van der Waals surface area contributed by atoms with Crippen LogP contribution in [0.1, 0.15) is 52.9 Å². The second-order valence-corrected chi connectivity index (χ2v) is 3.19. The van der Waals surface area contributed by atoms with Crippen LogP contribution in [0.3, 0.4) is 0 Å². The summed E-state index contributed by atoms with van der Waals surface area (Å²) in [5.74, 6) is 0.0289. The fraction of sp³-hybridized carbons (Fsp3) is 0.800. The van der Waals surface area contributed by atoms with E-state index in [-0.39, 0.29) is 5.91 Å². The van der Waals surface area contributed by atoms with E-state index in [4.69, 9.17) is 0 Å². The number of carbonyl (C=O) groups excluding carboxylic acids is 1. The van der Waals surface area contributed by atoms with Gasteiger partial charge < -0.3 is 0 Å². The zero-order chi connectivity index (χ0) is 10.1. The van der Waals surface area contributed by atoms with E-state index in [0.717, 1.165) is 31.4 Å². The van der Waals surface area contributed by atoms with Crippen molar-refractivity contribution in [3.63, 3.8) is 0 Å². The van der Waals surface area contributed by atoms with Gasteiger partial charge in [0.1, 0.15) is 0 Å². The van der Waals surface area contributed by atoms with Crippen molar-refractivity contribution in [1.29, 1.82) is 0 Å². The number of hydrogen-bond acceptors (Lipinski definition) is 2. The summed E-state index contributed by atoms with van der Waals surface area (Å²) in [5, 5.41) is 3.94. The molecule has 0 unspecified atom stereocenters. The van der Waals surface area contributed by atoms with Crippen LogP contribution in [-0.2, 0) is 4.79 Å². The minimum absolute atomic E-state index is 0.0289. The first-order valence-corrected chi connectivity index (χ1v) is 5.02. The van der Waals surface area contributed by atoms with E-state index in [1.54, 1.807) is 0 Å². The Labute approximate surface area is 80.6 Å². The Kier molecular flexibility index (Phi) is 7.26. The van der Waals surface area contributed by atoms with Gasteiger partial charge in [-0.3, -0.25) is 4.79 Å². The van der Waals surface area contributed by atoms with E-state index in [1.807, 2.05) is 13.8 Å². The Hall–Kier alpha value is -0.860. The topological polar surface area (TPSA) is 41.5 Å². The van der Waals surface area contributed by atoms with E-state index < -0.39 is 0 Å². The Morgan fingerprint density at radius 3 is 2.54 bits per heavy atom. The molecule has 76 valence electrons. The van der Waals surface area contributed by atoms with Gasteiger partial charge in [-0.05, 0) is 19.8 Å². The van der Waals surface area contributed by atoms with Crippen molar-refractivity contribution in [1.82, 2.24) is 5.43 Å². The van der Waals surface area contributed by atoms with Gasteiger partial charge in [-0.15, -0.1) is 0 Å². The predicted molar refractivity (Wildman–Crippen MR) is 55.7 cm³/mol. The molecule has 0 aromatic heterocycles. The first kappa shape index (κ1) is 12.1. The van der Waals surface area contributed by atoms with Gasteiger partial charge in [0.05, 0.1) is 0 Å². The molecule has 0 aromatic carbocycles. The van der Waals surface area contributed by atoms with Crippen LogP contribution in [0.15, 0.2) is 5.10 Å². The van der Waals surface area contributed by atoms with Gasteiger partial charge in [-0.1, -0.05) is 26.7 Å².